The molecule has 0 radical (unpaired) electrons. The van der Waals surface area contributed by atoms with Crippen LogP contribution in [0, 0.1) is 22.9 Å². The second-order valence-corrected chi connectivity index (χ2v) is 4.40. The van der Waals surface area contributed by atoms with Crippen molar-refractivity contribution < 1.29 is 18.8 Å². The van der Waals surface area contributed by atoms with Crippen LogP contribution in [0.1, 0.15) is 15.9 Å². The molecule has 2 aromatic rings. The molecule has 6 heteroatoms. The van der Waals surface area contributed by atoms with E-state index >= 15 is 0 Å². The highest BCUT2D eigenvalue weighted by Gasteiger charge is 2.17. The number of nitro benzene ring substituents is 1. The van der Waals surface area contributed by atoms with Crippen molar-refractivity contribution in [1.82, 2.24) is 0 Å². The summed E-state index contributed by atoms with van der Waals surface area (Å²) < 4.78 is 18.8. The number of hydrogen-bond donors (Lipinski definition) is 0. The van der Waals surface area contributed by atoms with Gasteiger partial charge in [0.25, 0.3) is 5.69 Å². The van der Waals surface area contributed by atoms with Crippen LogP contribution in [0.15, 0.2) is 42.5 Å². The lowest BCUT2D eigenvalue weighted by Crippen LogP contribution is -2.12. The zero-order chi connectivity index (χ0) is 15.4. The average Bonchev–Trinajstić information content (AvgIpc) is 2.48. The number of benzene rings is 2. The van der Waals surface area contributed by atoms with E-state index in [0.717, 1.165) is 6.07 Å². The fourth-order valence-electron chi connectivity index (χ4n) is 1.80. The molecule has 0 atom stereocenters. The zero-order valence-electron chi connectivity index (χ0n) is 11.2. The van der Waals surface area contributed by atoms with Crippen LogP contribution in [0.5, 0.6) is 5.75 Å². The Morgan fingerprint density at radius 2 is 1.95 bits per heavy atom. The monoisotopic (exact) mass is 289 g/mol. The van der Waals surface area contributed by atoms with Crippen molar-refractivity contribution >= 4 is 11.5 Å². The number of aryl methyl sites for hydroxylation is 1. The minimum Gasteiger partial charge on any atom is -0.482 e. The van der Waals surface area contributed by atoms with Gasteiger partial charge in [0.15, 0.2) is 24.0 Å². The van der Waals surface area contributed by atoms with Crippen LogP contribution >= 0.6 is 0 Å². The quantitative estimate of drug-likeness (QED) is 0.481. The van der Waals surface area contributed by atoms with Crippen LogP contribution in [0.3, 0.4) is 0 Å². The molecule has 0 spiro atoms. The smallest absolute Gasteiger partial charge is 0.275 e. The molecule has 0 aliphatic heterocycles. The van der Waals surface area contributed by atoms with E-state index in [1.165, 1.54) is 13.0 Å². The lowest BCUT2D eigenvalue weighted by atomic mass is 10.1. The highest BCUT2D eigenvalue weighted by atomic mass is 19.1. The van der Waals surface area contributed by atoms with Gasteiger partial charge in [0, 0.05) is 11.1 Å². The first-order chi connectivity index (χ1) is 9.99. The number of nitro groups is 1. The Kier molecular flexibility index (Phi) is 4.27. The number of ketones is 1. The van der Waals surface area contributed by atoms with Crippen LogP contribution in [-0.2, 0) is 0 Å². The van der Waals surface area contributed by atoms with E-state index < -0.39 is 10.7 Å². The lowest BCUT2D eigenvalue weighted by molar-refractivity contribution is -0.385. The third-order valence-corrected chi connectivity index (χ3v) is 2.90. The van der Waals surface area contributed by atoms with E-state index in [0.29, 0.717) is 5.56 Å². The predicted molar refractivity (Wildman–Crippen MR) is 74.1 cm³/mol. The third-order valence-electron chi connectivity index (χ3n) is 2.90. The predicted octanol–water partition coefficient (Wildman–Crippen LogP) is 3.30. The number of carbonyl (C=O) groups excluding carboxylic acids is 1. The number of Topliss-reactive ketones (excluding diaryl/α,β-unsaturated/α-hetero) is 1. The normalized spacial score (nSPS) is 10.2. The zero-order valence-corrected chi connectivity index (χ0v) is 11.2. The molecule has 0 aromatic heterocycles. The summed E-state index contributed by atoms with van der Waals surface area (Å²) in [5.41, 5.74) is 0.398. The van der Waals surface area contributed by atoms with Gasteiger partial charge in [-0.2, -0.15) is 0 Å². The van der Waals surface area contributed by atoms with Crippen LogP contribution in [-0.4, -0.2) is 17.3 Å². The Morgan fingerprint density at radius 1 is 1.29 bits per heavy atom. The Hall–Kier alpha value is -2.76. The topological polar surface area (TPSA) is 69.4 Å². The van der Waals surface area contributed by atoms with Gasteiger partial charge in [-0.25, -0.2) is 4.39 Å². The van der Waals surface area contributed by atoms with E-state index in [1.807, 2.05) is 0 Å². The van der Waals surface area contributed by atoms with Gasteiger partial charge in [-0.05, 0) is 13.0 Å². The molecule has 0 heterocycles. The first kappa shape index (κ1) is 14.6. The molecule has 0 saturated heterocycles. The number of hydrogen-bond acceptors (Lipinski definition) is 4. The van der Waals surface area contributed by atoms with Crippen molar-refractivity contribution in [2.45, 2.75) is 6.92 Å². The lowest BCUT2D eigenvalue weighted by Gasteiger charge is -2.08. The number of rotatable bonds is 5. The highest BCUT2D eigenvalue weighted by Crippen LogP contribution is 2.27. The van der Waals surface area contributed by atoms with Gasteiger partial charge in [0.1, 0.15) is 0 Å². The Labute approximate surface area is 120 Å². The minimum absolute atomic E-state index is 0.178. The fourth-order valence-corrected chi connectivity index (χ4v) is 1.80. The molecular weight excluding hydrogens is 277 g/mol. The van der Waals surface area contributed by atoms with Crippen LogP contribution < -0.4 is 4.74 Å². The summed E-state index contributed by atoms with van der Waals surface area (Å²) in [5, 5.41) is 10.7. The molecule has 0 amide bonds. The van der Waals surface area contributed by atoms with Crippen molar-refractivity contribution in [3.8, 4) is 5.75 Å². The van der Waals surface area contributed by atoms with Crippen LogP contribution in [0.4, 0.5) is 10.1 Å². The molecule has 0 aliphatic rings. The van der Waals surface area contributed by atoms with E-state index in [1.54, 1.807) is 30.3 Å². The molecular formula is C15H12FNO4. The Bertz CT molecular complexity index is 686. The summed E-state index contributed by atoms with van der Waals surface area (Å²) in [5.74, 6) is -1.35. The van der Waals surface area contributed by atoms with Gasteiger partial charge in [0.2, 0.25) is 0 Å². The maximum absolute atomic E-state index is 13.7. The number of nitrogens with zero attached hydrogens (tertiary/aromatic N) is 1. The van der Waals surface area contributed by atoms with Gasteiger partial charge in [-0.1, -0.05) is 30.3 Å². The molecule has 0 aliphatic carbocycles. The van der Waals surface area contributed by atoms with Crippen molar-refractivity contribution in [2.24, 2.45) is 0 Å². The van der Waals surface area contributed by atoms with E-state index in [9.17, 15) is 19.3 Å². The molecule has 2 rings (SSSR count). The maximum Gasteiger partial charge on any atom is 0.275 e. The van der Waals surface area contributed by atoms with Gasteiger partial charge in [0.05, 0.1) is 11.0 Å². The number of ether oxygens (including phenoxy) is 1. The van der Waals surface area contributed by atoms with Crippen molar-refractivity contribution in [3.05, 3.63) is 69.5 Å². The second-order valence-electron chi connectivity index (χ2n) is 4.40. The number of halogens is 1. The maximum atomic E-state index is 13.7. The third kappa shape index (κ3) is 3.42. The van der Waals surface area contributed by atoms with Crippen molar-refractivity contribution in [3.63, 3.8) is 0 Å². The Balaban J connectivity index is 2.12. The molecule has 0 fully saturated rings. The fraction of sp³-hybridized carbons (Fsp3) is 0.133. The molecule has 0 N–H and O–H groups in total. The van der Waals surface area contributed by atoms with E-state index in [4.69, 9.17) is 4.74 Å². The molecule has 0 unspecified atom stereocenters. The minimum atomic E-state index is -0.867. The molecule has 108 valence electrons. The number of carbonyl (C=O) groups is 1. The van der Waals surface area contributed by atoms with Crippen molar-refractivity contribution in [2.75, 3.05) is 6.61 Å². The van der Waals surface area contributed by atoms with Gasteiger partial charge in [-0.3, -0.25) is 14.9 Å². The molecule has 5 nitrogen and oxygen atoms in total. The van der Waals surface area contributed by atoms with Gasteiger partial charge in [-0.15, -0.1) is 0 Å². The largest absolute Gasteiger partial charge is 0.482 e. The molecule has 0 bridgehead atoms. The van der Waals surface area contributed by atoms with Crippen molar-refractivity contribution in [1.29, 1.82) is 0 Å². The summed E-state index contributed by atoms with van der Waals surface area (Å²) in [4.78, 5) is 21.8. The Morgan fingerprint density at radius 3 is 2.57 bits per heavy atom. The van der Waals surface area contributed by atoms with Crippen LogP contribution in [0.25, 0.3) is 0 Å². The molecule has 0 saturated carbocycles. The molecule has 21 heavy (non-hydrogen) atoms. The molecule has 2 aromatic carbocycles. The van der Waals surface area contributed by atoms with Gasteiger partial charge >= 0.3 is 0 Å². The summed E-state index contributed by atoms with van der Waals surface area (Å²) in [6.45, 7) is 1.14. The highest BCUT2D eigenvalue weighted by molar-refractivity contribution is 5.97. The standard InChI is InChI=1S/C15H12FNO4/c1-10-7-15(12(16)8-13(10)17(19)20)21-9-14(18)11-5-3-2-4-6-11/h2-8H,9H2,1H3. The van der Waals surface area contributed by atoms with Crippen LogP contribution in [0.2, 0.25) is 0 Å². The van der Waals surface area contributed by atoms with E-state index in [2.05, 4.69) is 0 Å². The SMILES string of the molecule is Cc1cc(OCC(=O)c2ccccc2)c(F)cc1[N+](=O)[O-]. The average molecular weight is 289 g/mol. The first-order valence-corrected chi connectivity index (χ1v) is 6.14. The van der Waals surface area contributed by atoms with Gasteiger partial charge < -0.3 is 4.74 Å². The first-order valence-electron chi connectivity index (χ1n) is 6.14. The second kappa shape index (κ2) is 6.13. The summed E-state index contributed by atoms with van der Waals surface area (Å²) in [7, 11) is 0. The summed E-state index contributed by atoms with van der Waals surface area (Å²) in [6, 6.07) is 10.5. The summed E-state index contributed by atoms with van der Waals surface area (Å²) >= 11 is 0. The summed E-state index contributed by atoms with van der Waals surface area (Å²) in [6.07, 6.45) is 0. The van der Waals surface area contributed by atoms with E-state index in [-0.39, 0.29) is 29.4 Å².